The second-order valence-corrected chi connectivity index (χ2v) is 5.53. The molecule has 2 heterocycles. The van der Waals surface area contributed by atoms with Gasteiger partial charge in [-0.15, -0.1) is 0 Å². The van der Waals surface area contributed by atoms with E-state index in [4.69, 9.17) is 4.42 Å². The molecule has 0 radical (unpaired) electrons. The van der Waals surface area contributed by atoms with Crippen molar-refractivity contribution in [1.29, 1.82) is 0 Å². The van der Waals surface area contributed by atoms with Crippen LogP contribution in [0.15, 0.2) is 47.1 Å². The topological polar surface area (TPSA) is 103 Å². The van der Waals surface area contributed by atoms with E-state index in [0.717, 1.165) is 17.2 Å². The lowest BCUT2D eigenvalue weighted by Gasteiger charge is -2.16. The molecule has 0 aliphatic heterocycles. The monoisotopic (exact) mass is 328 g/mol. The van der Waals surface area contributed by atoms with E-state index in [1.165, 1.54) is 10.9 Å². The van der Waals surface area contributed by atoms with Crippen LogP contribution in [0.25, 0.3) is 11.0 Å². The van der Waals surface area contributed by atoms with Gasteiger partial charge in [0.25, 0.3) is 0 Å². The van der Waals surface area contributed by atoms with Crippen molar-refractivity contribution >= 4 is 22.6 Å². The Bertz CT molecular complexity index is 865. The Morgan fingerprint density at radius 1 is 1.38 bits per heavy atom. The first-order valence-electron chi connectivity index (χ1n) is 7.43. The van der Waals surface area contributed by atoms with Gasteiger partial charge in [-0.25, -0.2) is 0 Å². The number of aromatic nitrogens is 2. The number of benzene rings is 1. The number of carbonyl (C=O) groups excluding carboxylic acids is 1. The Labute approximate surface area is 137 Å². The minimum Gasteiger partial charge on any atom is -0.459 e. The van der Waals surface area contributed by atoms with Gasteiger partial charge in [0.2, 0.25) is 5.91 Å². The third kappa shape index (κ3) is 2.98. The first kappa shape index (κ1) is 15.7. The molecule has 124 valence electrons. The van der Waals surface area contributed by atoms with E-state index in [0.29, 0.717) is 5.76 Å². The van der Waals surface area contributed by atoms with E-state index >= 15 is 0 Å². The second kappa shape index (κ2) is 6.15. The quantitative estimate of drug-likeness (QED) is 0.573. The summed E-state index contributed by atoms with van der Waals surface area (Å²) in [6.45, 7) is 3.44. The summed E-state index contributed by atoms with van der Waals surface area (Å²) in [7, 11) is 0. The van der Waals surface area contributed by atoms with Crippen LogP contribution in [-0.4, -0.2) is 20.6 Å². The number of nitrogens with one attached hydrogen (secondary N) is 1. The summed E-state index contributed by atoms with van der Waals surface area (Å²) in [5, 5.41) is 18.4. The fraction of sp³-hybridized carbons (Fsp3) is 0.250. The molecule has 2 aromatic heterocycles. The lowest BCUT2D eigenvalue weighted by atomic mass is 10.2. The number of nitro groups is 1. The molecule has 3 aromatic rings. The highest BCUT2D eigenvalue weighted by atomic mass is 16.6. The summed E-state index contributed by atoms with van der Waals surface area (Å²) in [5.41, 5.74) is 0.601. The molecule has 0 unspecified atom stereocenters. The highest BCUT2D eigenvalue weighted by Crippen LogP contribution is 2.24. The molecule has 8 nitrogen and oxygen atoms in total. The van der Waals surface area contributed by atoms with Gasteiger partial charge in [0.05, 0.1) is 11.0 Å². The van der Waals surface area contributed by atoms with Crippen LogP contribution in [0, 0.1) is 10.1 Å². The summed E-state index contributed by atoms with van der Waals surface area (Å²) in [6, 6.07) is 8.46. The maximum Gasteiger partial charge on any atom is 0.307 e. The normalized spacial score (nSPS) is 13.6. The van der Waals surface area contributed by atoms with Gasteiger partial charge in [0, 0.05) is 5.39 Å². The maximum atomic E-state index is 12.3. The standard InChI is InChI=1S/C16H16N4O4/c1-10(15-7-12-5-3-4-6-14(12)24-15)18-16(21)11(2)19-9-13(8-17-19)20(22)23/h3-11H,1-2H3,(H,18,21)/t10-,11-/m1/s1. The number of para-hydroxylation sites is 1. The van der Waals surface area contributed by atoms with Crippen LogP contribution in [0.1, 0.15) is 31.7 Å². The summed E-state index contributed by atoms with van der Waals surface area (Å²) in [6.07, 6.45) is 2.35. The number of fused-ring (bicyclic) bond motifs is 1. The van der Waals surface area contributed by atoms with Crippen molar-refractivity contribution in [3.05, 3.63) is 58.6 Å². The molecule has 1 N–H and O–H groups in total. The van der Waals surface area contributed by atoms with E-state index in [9.17, 15) is 14.9 Å². The van der Waals surface area contributed by atoms with Gasteiger partial charge in [0.1, 0.15) is 29.8 Å². The summed E-state index contributed by atoms with van der Waals surface area (Å²) >= 11 is 0. The molecule has 0 fully saturated rings. The zero-order valence-corrected chi connectivity index (χ0v) is 13.2. The Morgan fingerprint density at radius 3 is 2.79 bits per heavy atom. The maximum absolute atomic E-state index is 12.3. The minimum absolute atomic E-state index is 0.153. The first-order chi connectivity index (χ1) is 11.5. The highest BCUT2D eigenvalue weighted by Gasteiger charge is 2.22. The lowest BCUT2D eigenvalue weighted by molar-refractivity contribution is -0.385. The van der Waals surface area contributed by atoms with Crippen LogP contribution < -0.4 is 5.32 Å². The van der Waals surface area contributed by atoms with Gasteiger partial charge in [0.15, 0.2) is 0 Å². The lowest BCUT2D eigenvalue weighted by Crippen LogP contribution is -2.33. The summed E-state index contributed by atoms with van der Waals surface area (Å²) < 4.78 is 6.99. The molecule has 1 amide bonds. The predicted octanol–water partition coefficient (Wildman–Crippen LogP) is 2.98. The molecule has 3 rings (SSSR count). The fourth-order valence-corrected chi connectivity index (χ4v) is 2.38. The fourth-order valence-electron chi connectivity index (χ4n) is 2.38. The van der Waals surface area contributed by atoms with E-state index in [2.05, 4.69) is 10.4 Å². The number of hydrogen-bond acceptors (Lipinski definition) is 5. The summed E-state index contributed by atoms with van der Waals surface area (Å²) in [4.78, 5) is 22.5. The van der Waals surface area contributed by atoms with Crippen LogP contribution in [0.4, 0.5) is 5.69 Å². The van der Waals surface area contributed by atoms with Crippen LogP contribution in [0.2, 0.25) is 0 Å². The average Bonchev–Trinajstić information content (AvgIpc) is 3.20. The minimum atomic E-state index is -0.675. The molecule has 0 aliphatic carbocycles. The largest absolute Gasteiger partial charge is 0.459 e. The van der Waals surface area contributed by atoms with Crippen molar-refractivity contribution < 1.29 is 14.1 Å². The number of amides is 1. The molecule has 2 atom stereocenters. The van der Waals surface area contributed by atoms with Gasteiger partial charge in [-0.05, 0) is 26.0 Å². The average molecular weight is 328 g/mol. The first-order valence-corrected chi connectivity index (χ1v) is 7.43. The number of rotatable bonds is 5. The van der Waals surface area contributed by atoms with Gasteiger partial charge in [-0.1, -0.05) is 18.2 Å². The van der Waals surface area contributed by atoms with Gasteiger partial charge >= 0.3 is 5.69 Å². The molecule has 0 spiro atoms. The Kier molecular flexibility index (Phi) is 4.03. The van der Waals surface area contributed by atoms with Crippen molar-refractivity contribution in [2.75, 3.05) is 0 Å². The van der Waals surface area contributed by atoms with Crippen molar-refractivity contribution in [2.45, 2.75) is 25.9 Å². The molecule has 8 heteroatoms. The smallest absolute Gasteiger partial charge is 0.307 e. The number of nitrogens with zero attached hydrogens (tertiary/aromatic N) is 3. The van der Waals surface area contributed by atoms with E-state index in [-0.39, 0.29) is 17.6 Å². The van der Waals surface area contributed by atoms with Crippen LogP contribution in [-0.2, 0) is 4.79 Å². The Hall–Kier alpha value is -3.16. The molecule has 0 saturated carbocycles. The van der Waals surface area contributed by atoms with Gasteiger partial charge in [-0.2, -0.15) is 5.10 Å². The highest BCUT2D eigenvalue weighted by molar-refractivity contribution is 5.81. The zero-order chi connectivity index (χ0) is 17.3. The number of carbonyl (C=O) groups is 1. The summed E-state index contributed by atoms with van der Waals surface area (Å²) in [5.74, 6) is 0.337. The Balaban J connectivity index is 1.71. The van der Waals surface area contributed by atoms with Gasteiger partial charge in [-0.3, -0.25) is 19.6 Å². The van der Waals surface area contributed by atoms with E-state index in [1.54, 1.807) is 6.92 Å². The second-order valence-electron chi connectivity index (χ2n) is 5.53. The van der Waals surface area contributed by atoms with Crippen molar-refractivity contribution in [3.63, 3.8) is 0 Å². The van der Waals surface area contributed by atoms with Gasteiger partial charge < -0.3 is 9.73 Å². The van der Waals surface area contributed by atoms with Crippen LogP contribution in [0.5, 0.6) is 0 Å². The molecule has 0 saturated heterocycles. The van der Waals surface area contributed by atoms with Crippen molar-refractivity contribution in [2.24, 2.45) is 0 Å². The zero-order valence-electron chi connectivity index (χ0n) is 13.2. The predicted molar refractivity (Wildman–Crippen MR) is 86.4 cm³/mol. The molecule has 0 bridgehead atoms. The molecule has 24 heavy (non-hydrogen) atoms. The Morgan fingerprint density at radius 2 is 2.12 bits per heavy atom. The SMILES string of the molecule is C[C@H](C(=O)N[C@H](C)c1cc2ccccc2o1)n1cc([N+](=O)[O-])cn1. The third-order valence-corrected chi connectivity index (χ3v) is 3.81. The number of furan rings is 1. The van der Waals surface area contributed by atoms with Crippen molar-refractivity contribution in [3.8, 4) is 0 Å². The molecular weight excluding hydrogens is 312 g/mol. The van der Waals surface area contributed by atoms with E-state index in [1.807, 2.05) is 37.3 Å². The molecule has 1 aromatic carbocycles. The van der Waals surface area contributed by atoms with Crippen LogP contribution >= 0.6 is 0 Å². The number of hydrogen-bond donors (Lipinski definition) is 1. The van der Waals surface area contributed by atoms with Crippen molar-refractivity contribution in [1.82, 2.24) is 15.1 Å². The van der Waals surface area contributed by atoms with Crippen LogP contribution in [0.3, 0.4) is 0 Å². The molecule has 0 aliphatic rings. The van der Waals surface area contributed by atoms with E-state index < -0.39 is 11.0 Å². The molecular formula is C16H16N4O4. The third-order valence-electron chi connectivity index (χ3n) is 3.81.